The quantitative estimate of drug-likeness (QED) is 0.502. The largest absolute Gasteiger partial charge is 0.348 e. The van der Waals surface area contributed by atoms with Gasteiger partial charge in [-0.05, 0) is 48.6 Å². The van der Waals surface area contributed by atoms with Crippen molar-refractivity contribution in [3.05, 3.63) is 77.3 Å². The minimum atomic E-state index is -0.242. The highest BCUT2D eigenvalue weighted by Gasteiger charge is 2.19. The van der Waals surface area contributed by atoms with Crippen molar-refractivity contribution in [2.45, 2.75) is 25.9 Å². The molecule has 4 rings (SSSR count). The van der Waals surface area contributed by atoms with Crippen LogP contribution in [-0.4, -0.2) is 25.8 Å². The molecule has 146 valence electrons. The van der Waals surface area contributed by atoms with E-state index in [-0.39, 0.29) is 18.0 Å². The van der Waals surface area contributed by atoms with E-state index in [4.69, 9.17) is 0 Å². The molecular formula is C21H20N6OS. The summed E-state index contributed by atoms with van der Waals surface area (Å²) in [5, 5.41) is 8.19. The van der Waals surface area contributed by atoms with E-state index in [1.165, 1.54) is 11.3 Å². The normalized spacial score (nSPS) is 13.0. The SMILES string of the molecule is CC(Nc1nc(C(=O)N[C@@H](C)c2cccnc2)c2sccc2n1)c1cccnc1. The topological polar surface area (TPSA) is 92.7 Å². The van der Waals surface area contributed by atoms with Crippen LogP contribution in [0.25, 0.3) is 10.2 Å². The molecule has 4 heterocycles. The molecule has 0 aliphatic carbocycles. The van der Waals surface area contributed by atoms with Crippen molar-refractivity contribution >= 4 is 33.4 Å². The summed E-state index contributed by atoms with van der Waals surface area (Å²) in [4.78, 5) is 30.3. The predicted octanol–water partition coefficient (Wildman–Crippen LogP) is 4.15. The third kappa shape index (κ3) is 4.22. The number of rotatable bonds is 6. The zero-order chi connectivity index (χ0) is 20.2. The van der Waals surface area contributed by atoms with Gasteiger partial charge in [-0.3, -0.25) is 14.8 Å². The lowest BCUT2D eigenvalue weighted by Gasteiger charge is -2.16. The molecule has 8 heteroatoms. The number of hydrogen-bond acceptors (Lipinski definition) is 7. The third-order valence-corrected chi connectivity index (χ3v) is 5.49. The van der Waals surface area contributed by atoms with E-state index in [0.717, 1.165) is 21.3 Å². The number of carbonyl (C=O) groups is 1. The van der Waals surface area contributed by atoms with Crippen LogP contribution in [0.4, 0.5) is 5.95 Å². The van der Waals surface area contributed by atoms with Crippen LogP contribution < -0.4 is 10.6 Å². The molecule has 7 nitrogen and oxygen atoms in total. The third-order valence-electron chi connectivity index (χ3n) is 4.58. The summed E-state index contributed by atoms with van der Waals surface area (Å²) in [5.41, 5.74) is 3.05. The number of hydrogen-bond donors (Lipinski definition) is 2. The van der Waals surface area contributed by atoms with E-state index in [9.17, 15) is 4.79 Å². The Morgan fingerprint density at radius 2 is 1.66 bits per heavy atom. The Balaban J connectivity index is 1.60. The summed E-state index contributed by atoms with van der Waals surface area (Å²) in [5.74, 6) is 0.166. The van der Waals surface area contributed by atoms with E-state index < -0.39 is 0 Å². The summed E-state index contributed by atoms with van der Waals surface area (Å²) in [6.07, 6.45) is 6.98. The van der Waals surface area contributed by atoms with E-state index in [2.05, 4.69) is 30.6 Å². The highest BCUT2D eigenvalue weighted by Crippen LogP contribution is 2.26. The Morgan fingerprint density at radius 3 is 2.31 bits per heavy atom. The zero-order valence-electron chi connectivity index (χ0n) is 16.0. The number of pyridine rings is 2. The molecular weight excluding hydrogens is 384 g/mol. The Kier molecular flexibility index (Phi) is 5.44. The summed E-state index contributed by atoms with van der Waals surface area (Å²) in [7, 11) is 0. The highest BCUT2D eigenvalue weighted by molar-refractivity contribution is 7.17. The molecule has 0 aliphatic rings. The van der Waals surface area contributed by atoms with Gasteiger partial charge in [0.15, 0.2) is 5.69 Å². The van der Waals surface area contributed by atoms with Crippen molar-refractivity contribution in [3.63, 3.8) is 0 Å². The number of aromatic nitrogens is 4. The van der Waals surface area contributed by atoms with Crippen molar-refractivity contribution < 1.29 is 4.79 Å². The maximum atomic E-state index is 13.0. The van der Waals surface area contributed by atoms with Crippen LogP contribution in [0.1, 0.15) is 47.5 Å². The maximum Gasteiger partial charge on any atom is 0.272 e. The molecule has 29 heavy (non-hydrogen) atoms. The van der Waals surface area contributed by atoms with Gasteiger partial charge in [0.25, 0.3) is 5.91 Å². The molecule has 0 saturated heterocycles. The average Bonchev–Trinajstić information content (AvgIpc) is 3.23. The second-order valence-corrected chi connectivity index (χ2v) is 7.58. The molecule has 0 aromatic carbocycles. The molecule has 0 fully saturated rings. The van der Waals surface area contributed by atoms with Gasteiger partial charge < -0.3 is 10.6 Å². The Labute approximate surface area is 172 Å². The lowest BCUT2D eigenvalue weighted by Crippen LogP contribution is -2.28. The van der Waals surface area contributed by atoms with Crippen molar-refractivity contribution in [1.82, 2.24) is 25.3 Å². The Hall–Kier alpha value is -3.39. The highest BCUT2D eigenvalue weighted by atomic mass is 32.1. The van der Waals surface area contributed by atoms with Gasteiger partial charge in [0.1, 0.15) is 0 Å². The van der Waals surface area contributed by atoms with Crippen molar-refractivity contribution in [3.8, 4) is 0 Å². The second-order valence-electron chi connectivity index (χ2n) is 6.66. The molecule has 4 aromatic rings. The monoisotopic (exact) mass is 404 g/mol. The second kappa shape index (κ2) is 8.32. The first-order valence-electron chi connectivity index (χ1n) is 9.24. The number of fused-ring (bicyclic) bond motifs is 1. The smallest absolute Gasteiger partial charge is 0.272 e. The van der Waals surface area contributed by atoms with E-state index in [1.807, 2.05) is 49.6 Å². The summed E-state index contributed by atoms with van der Waals surface area (Å²) < 4.78 is 0.764. The lowest BCUT2D eigenvalue weighted by molar-refractivity contribution is 0.0937. The minimum absolute atomic E-state index is 0.0509. The van der Waals surface area contributed by atoms with Gasteiger partial charge >= 0.3 is 0 Å². The summed E-state index contributed by atoms with van der Waals surface area (Å²) >= 11 is 1.45. The van der Waals surface area contributed by atoms with Crippen molar-refractivity contribution in [1.29, 1.82) is 0 Å². The molecule has 0 aliphatic heterocycles. The number of amides is 1. The van der Waals surface area contributed by atoms with Crippen LogP contribution >= 0.6 is 11.3 Å². The van der Waals surface area contributed by atoms with Crippen LogP contribution in [0, 0.1) is 0 Å². The van der Waals surface area contributed by atoms with Gasteiger partial charge in [0.05, 0.1) is 22.3 Å². The molecule has 1 unspecified atom stereocenters. The first-order chi connectivity index (χ1) is 14.1. The molecule has 0 spiro atoms. The molecule has 0 saturated carbocycles. The Bertz CT molecular complexity index is 1120. The minimum Gasteiger partial charge on any atom is -0.348 e. The van der Waals surface area contributed by atoms with Crippen LogP contribution in [0.2, 0.25) is 0 Å². The van der Waals surface area contributed by atoms with E-state index >= 15 is 0 Å². The van der Waals surface area contributed by atoms with E-state index in [0.29, 0.717) is 11.6 Å². The molecule has 4 aromatic heterocycles. The number of anilines is 1. The summed E-state index contributed by atoms with van der Waals surface area (Å²) in [6, 6.07) is 9.30. The summed E-state index contributed by atoms with van der Waals surface area (Å²) in [6.45, 7) is 3.92. The maximum absolute atomic E-state index is 13.0. The van der Waals surface area contributed by atoms with Crippen LogP contribution in [-0.2, 0) is 0 Å². The van der Waals surface area contributed by atoms with Gasteiger partial charge in [-0.15, -0.1) is 11.3 Å². The molecule has 2 atom stereocenters. The first-order valence-corrected chi connectivity index (χ1v) is 10.1. The molecule has 0 radical (unpaired) electrons. The fraction of sp³-hybridized carbons (Fsp3) is 0.190. The van der Waals surface area contributed by atoms with Gasteiger partial charge in [-0.25, -0.2) is 9.97 Å². The lowest BCUT2D eigenvalue weighted by atomic mass is 10.1. The van der Waals surface area contributed by atoms with Crippen LogP contribution in [0.3, 0.4) is 0 Å². The standard InChI is InChI=1S/C21H20N6OS/c1-13(15-5-3-8-22-11-15)24-20(28)18-19-17(7-10-29-19)26-21(27-18)25-14(2)16-6-4-9-23-12-16/h3-14H,1-2H3,(H,24,28)(H,25,26,27)/t13-,14?/m0/s1. The van der Waals surface area contributed by atoms with Gasteiger partial charge in [0.2, 0.25) is 5.95 Å². The molecule has 0 bridgehead atoms. The first kappa shape index (κ1) is 18.9. The van der Waals surface area contributed by atoms with Crippen LogP contribution in [0.15, 0.2) is 60.5 Å². The van der Waals surface area contributed by atoms with Crippen molar-refractivity contribution in [2.75, 3.05) is 5.32 Å². The number of thiophene rings is 1. The van der Waals surface area contributed by atoms with Gasteiger partial charge in [0, 0.05) is 24.8 Å². The fourth-order valence-corrected chi connectivity index (χ4v) is 3.79. The fourth-order valence-electron chi connectivity index (χ4n) is 2.97. The number of carbonyl (C=O) groups excluding carboxylic acids is 1. The zero-order valence-corrected chi connectivity index (χ0v) is 16.9. The van der Waals surface area contributed by atoms with Gasteiger partial charge in [-0.1, -0.05) is 12.1 Å². The predicted molar refractivity (Wildman–Crippen MR) is 114 cm³/mol. The van der Waals surface area contributed by atoms with E-state index in [1.54, 1.807) is 24.8 Å². The average molecular weight is 404 g/mol. The Morgan fingerprint density at radius 1 is 0.966 bits per heavy atom. The number of nitrogens with zero attached hydrogens (tertiary/aromatic N) is 4. The van der Waals surface area contributed by atoms with Crippen molar-refractivity contribution in [2.24, 2.45) is 0 Å². The van der Waals surface area contributed by atoms with Crippen LogP contribution in [0.5, 0.6) is 0 Å². The number of nitrogens with one attached hydrogen (secondary N) is 2. The van der Waals surface area contributed by atoms with Gasteiger partial charge in [-0.2, -0.15) is 0 Å². The molecule has 1 amide bonds. The molecule has 2 N–H and O–H groups in total.